The Kier molecular flexibility index (Phi) is 2.31. The molecule has 0 radical (unpaired) electrons. The molecule has 1 unspecified atom stereocenters. The lowest BCUT2D eigenvalue weighted by Crippen LogP contribution is -2.11. The number of rotatable bonds is 1. The second-order valence-corrected chi connectivity index (χ2v) is 5.07. The van der Waals surface area contributed by atoms with Crippen molar-refractivity contribution < 1.29 is 14.7 Å². The number of aromatic carboxylic acids is 1. The normalized spacial score (nSPS) is 19.4. The van der Waals surface area contributed by atoms with E-state index in [4.69, 9.17) is 16.6 Å². The molecule has 1 aliphatic heterocycles. The van der Waals surface area contributed by atoms with Gasteiger partial charge < -0.3 is 16.6 Å². The summed E-state index contributed by atoms with van der Waals surface area (Å²) < 4.78 is 0. The minimum absolute atomic E-state index is 0.0147. The van der Waals surface area contributed by atoms with Crippen LogP contribution in [0.25, 0.3) is 6.08 Å². The summed E-state index contributed by atoms with van der Waals surface area (Å²) in [7, 11) is -1.43. The second kappa shape index (κ2) is 3.53. The van der Waals surface area contributed by atoms with Gasteiger partial charge in [-0.2, -0.15) is 0 Å². The number of nitrogens with two attached hydrogens (primary N) is 2. The first-order valence-corrected chi connectivity index (χ1v) is 5.72. The van der Waals surface area contributed by atoms with Crippen LogP contribution in [0.2, 0.25) is 0 Å². The highest BCUT2D eigenvalue weighted by Crippen LogP contribution is 2.49. The van der Waals surface area contributed by atoms with Crippen LogP contribution in [-0.2, 0) is 0 Å². The predicted molar refractivity (Wildman–Crippen MR) is 61.5 cm³/mol. The molecule has 1 aliphatic rings. The molecule has 1 aromatic heterocycles. The van der Waals surface area contributed by atoms with Crippen LogP contribution in [0.4, 0.5) is 10.6 Å². The number of anilines is 1. The van der Waals surface area contributed by atoms with Crippen molar-refractivity contribution in [1.82, 2.24) is 4.98 Å². The molecule has 0 saturated carbocycles. The number of hydrogen-bond donors (Lipinski definition) is 4. The number of pyridine rings is 1. The lowest BCUT2D eigenvalue weighted by molar-refractivity contribution is 0.0692. The molecule has 1 amide bonds. The van der Waals surface area contributed by atoms with Crippen molar-refractivity contribution in [3.63, 3.8) is 0 Å². The van der Waals surface area contributed by atoms with E-state index in [1.165, 1.54) is 0 Å². The number of carboxylic acid groups (broad SMARTS) is 1. The first-order valence-electron chi connectivity index (χ1n) is 4.31. The average molecular weight is 239 g/mol. The molecule has 84 valence electrons. The number of hydrogen-bond acceptors (Lipinski definition) is 4. The van der Waals surface area contributed by atoms with Gasteiger partial charge in [-0.15, -0.1) is 10.9 Å². The van der Waals surface area contributed by atoms with Crippen molar-refractivity contribution in [2.24, 2.45) is 5.73 Å². The van der Waals surface area contributed by atoms with Gasteiger partial charge in [-0.1, -0.05) is 0 Å². The molecular weight excluding hydrogens is 230 g/mol. The van der Waals surface area contributed by atoms with Crippen LogP contribution in [0.15, 0.2) is 16.5 Å². The van der Waals surface area contributed by atoms with Crippen molar-refractivity contribution in [2.45, 2.75) is 4.90 Å². The van der Waals surface area contributed by atoms with Gasteiger partial charge in [-0.25, -0.2) is 9.78 Å². The summed E-state index contributed by atoms with van der Waals surface area (Å²) in [6.45, 7) is 0. The minimum Gasteiger partial charge on any atom is -0.478 e. The SMILES string of the molecule is NC(=O)[SH]1C=Cc2c(N)ncc(C(=O)O)c21. The number of aromatic nitrogens is 1. The quantitative estimate of drug-likeness (QED) is 0.540. The molecular formula is C9H9N3O3S. The zero-order chi connectivity index (χ0) is 11.9. The van der Waals surface area contributed by atoms with E-state index in [9.17, 15) is 9.59 Å². The lowest BCUT2D eigenvalue weighted by Gasteiger charge is -2.13. The summed E-state index contributed by atoms with van der Waals surface area (Å²) >= 11 is 0. The van der Waals surface area contributed by atoms with Gasteiger partial charge in [-0.3, -0.25) is 4.79 Å². The molecule has 7 heteroatoms. The summed E-state index contributed by atoms with van der Waals surface area (Å²) in [6.07, 6.45) is 2.75. The van der Waals surface area contributed by atoms with Crippen molar-refractivity contribution in [3.8, 4) is 0 Å². The molecule has 6 nitrogen and oxygen atoms in total. The Morgan fingerprint density at radius 3 is 2.69 bits per heavy atom. The maximum atomic E-state index is 11.2. The lowest BCUT2D eigenvalue weighted by atomic mass is 10.2. The number of nitrogens with zero attached hydrogens (tertiary/aromatic N) is 1. The summed E-state index contributed by atoms with van der Waals surface area (Å²) in [5, 5.41) is 10.0. The Hall–Kier alpha value is -2.02. The summed E-state index contributed by atoms with van der Waals surface area (Å²) in [5.41, 5.74) is 11.3. The number of primary amides is 1. The molecule has 0 fully saturated rings. The van der Waals surface area contributed by atoms with Crippen LogP contribution in [0.1, 0.15) is 15.9 Å². The van der Waals surface area contributed by atoms with Gasteiger partial charge in [0.25, 0.3) is 5.24 Å². The van der Waals surface area contributed by atoms with Crippen LogP contribution < -0.4 is 11.5 Å². The third-order valence-corrected chi connectivity index (χ3v) is 4.10. The number of nitrogen functional groups attached to an aromatic ring is 1. The highest BCUT2D eigenvalue weighted by Gasteiger charge is 2.27. The first kappa shape index (κ1) is 10.5. The maximum Gasteiger partial charge on any atom is 0.338 e. The van der Waals surface area contributed by atoms with Crippen molar-refractivity contribution in [2.75, 3.05) is 5.73 Å². The van der Waals surface area contributed by atoms with Gasteiger partial charge in [0.05, 0.1) is 5.56 Å². The average Bonchev–Trinajstić information content (AvgIpc) is 2.62. The van der Waals surface area contributed by atoms with Crippen molar-refractivity contribution >= 4 is 34.0 Å². The van der Waals surface area contributed by atoms with E-state index < -0.39 is 22.1 Å². The molecule has 5 N–H and O–H groups in total. The second-order valence-electron chi connectivity index (χ2n) is 3.15. The van der Waals surface area contributed by atoms with Crippen molar-refractivity contribution in [3.05, 3.63) is 22.7 Å². The standard InChI is InChI=1S/C9H9N3O3S/c10-7-4-1-2-16(9(11)15)6(4)5(3-12-7)8(13)14/h1-3,16H,(H2,10,12)(H2,11,15)(H,13,14). The third-order valence-electron chi connectivity index (χ3n) is 2.22. The molecule has 0 bridgehead atoms. The van der Waals surface area contributed by atoms with E-state index in [-0.39, 0.29) is 11.4 Å². The van der Waals surface area contributed by atoms with E-state index in [1.807, 2.05) is 0 Å². The fourth-order valence-electron chi connectivity index (χ4n) is 1.52. The van der Waals surface area contributed by atoms with Gasteiger partial charge in [0, 0.05) is 16.7 Å². The number of carboxylic acids is 1. The van der Waals surface area contributed by atoms with Crippen molar-refractivity contribution in [1.29, 1.82) is 0 Å². The first-order chi connectivity index (χ1) is 7.52. The minimum atomic E-state index is -1.43. The molecule has 0 saturated heterocycles. The fraction of sp³-hybridized carbons (Fsp3) is 0. The van der Waals surface area contributed by atoms with Gasteiger partial charge >= 0.3 is 5.97 Å². The number of amides is 1. The van der Waals surface area contributed by atoms with Gasteiger partial charge in [-0.05, 0) is 11.5 Å². The number of carbonyl (C=O) groups excluding carboxylic acids is 1. The van der Waals surface area contributed by atoms with E-state index in [1.54, 1.807) is 11.5 Å². The van der Waals surface area contributed by atoms with E-state index >= 15 is 0 Å². The molecule has 0 spiro atoms. The largest absolute Gasteiger partial charge is 0.478 e. The number of thiol groups is 1. The predicted octanol–water partition coefficient (Wildman–Crippen LogP) is 0.785. The topological polar surface area (TPSA) is 119 Å². The fourth-order valence-corrected chi connectivity index (χ4v) is 3.19. The maximum absolute atomic E-state index is 11.2. The van der Waals surface area contributed by atoms with Gasteiger partial charge in [0.15, 0.2) is 0 Å². The molecule has 1 aromatic rings. The van der Waals surface area contributed by atoms with Crippen LogP contribution in [0, 0.1) is 0 Å². The van der Waals surface area contributed by atoms with E-state index in [0.717, 1.165) is 6.20 Å². The molecule has 1 atom stereocenters. The van der Waals surface area contributed by atoms with Crippen LogP contribution in [0.3, 0.4) is 0 Å². The molecule has 16 heavy (non-hydrogen) atoms. The highest BCUT2D eigenvalue weighted by atomic mass is 32.2. The Bertz CT molecular complexity index is 527. The Balaban J connectivity index is 2.69. The molecule has 0 aliphatic carbocycles. The monoisotopic (exact) mass is 239 g/mol. The van der Waals surface area contributed by atoms with Gasteiger partial charge in [0.1, 0.15) is 5.82 Å². The summed E-state index contributed by atoms with van der Waals surface area (Å²) in [4.78, 5) is 26.3. The zero-order valence-corrected chi connectivity index (χ0v) is 8.94. The van der Waals surface area contributed by atoms with Crippen LogP contribution >= 0.6 is 10.9 Å². The Morgan fingerprint density at radius 2 is 2.12 bits per heavy atom. The smallest absolute Gasteiger partial charge is 0.338 e. The van der Waals surface area contributed by atoms with Gasteiger partial charge in [0.2, 0.25) is 0 Å². The summed E-state index contributed by atoms with van der Waals surface area (Å²) in [5.74, 6) is -0.927. The molecule has 0 aromatic carbocycles. The number of carbonyl (C=O) groups is 2. The van der Waals surface area contributed by atoms with Crippen LogP contribution in [-0.4, -0.2) is 21.3 Å². The third kappa shape index (κ3) is 1.41. The Labute approximate surface area is 93.3 Å². The van der Waals surface area contributed by atoms with E-state index in [0.29, 0.717) is 10.5 Å². The van der Waals surface area contributed by atoms with E-state index in [2.05, 4.69) is 4.98 Å². The van der Waals surface area contributed by atoms with Crippen LogP contribution in [0.5, 0.6) is 0 Å². The number of fused-ring (bicyclic) bond motifs is 1. The Morgan fingerprint density at radius 1 is 1.44 bits per heavy atom. The zero-order valence-electron chi connectivity index (χ0n) is 8.04. The molecule has 2 heterocycles. The summed E-state index contributed by atoms with van der Waals surface area (Å²) in [6, 6.07) is 0. The highest BCUT2D eigenvalue weighted by molar-refractivity contribution is 8.32. The molecule has 2 rings (SSSR count).